The number of amides is 5. The molecule has 0 aromatic heterocycles. The van der Waals surface area contributed by atoms with Crippen molar-refractivity contribution in [1.82, 2.24) is 26.2 Å². The van der Waals surface area contributed by atoms with Crippen LogP contribution in [0.5, 0.6) is 0 Å². The lowest BCUT2D eigenvalue weighted by molar-refractivity contribution is -0.144. The molecular weight excluding hydrogens is 618 g/mol. The Balaban J connectivity index is 1.55. The number of Topliss-reactive ketones (excluding diaryl/α,β-unsaturated/α-hetero) is 1. The van der Waals surface area contributed by atoms with Crippen LogP contribution in [0.3, 0.4) is 0 Å². The highest BCUT2D eigenvalue weighted by Crippen LogP contribution is 2.65. The monoisotopic (exact) mass is 679 g/mol. The topological polar surface area (TPSA) is 137 Å². The zero-order valence-corrected chi connectivity index (χ0v) is 30.6. The van der Waals surface area contributed by atoms with Gasteiger partial charge in [-0.1, -0.05) is 79.2 Å². The van der Waals surface area contributed by atoms with Crippen LogP contribution in [0.4, 0.5) is 4.79 Å². The van der Waals surface area contributed by atoms with Crippen LogP contribution in [0.15, 0.2) is 12.7 Å². The Bertz CT molecular complexity index is 1280. The molecule has 0 spiro atoms. The van der Waals surface area contributed by atoms with Crippen LogP contribution >= 0.6 is 0 Å². The normalized spacial score (nSPS) is 25.5. The number of urea groups is 1. The Labute approximate surface area is 294 Å². The van der Waals surface area contributed by atoms with Crippen LogP contribution in [-0.4, -0.2) is 71.2 Å². The van der Waals surface area contributed by atoms with E-state index in [0.29, 0.717) is 6.54 Å². The molecule has 10 nitrogen and oxygen atoms in total. The number of ketones is 1. The lowest BCUT2D eigenvalue weighted by Crippen LogP contribution is -2.62. The fourth-order valence-electron chi connectivity index (χ4n) is 8.70. The molecule has 0 aromatic carbocycles. The van der Waals surface area contributed by atoms with Crippen molar-refractivity contribution < 1.29 is 24.0 Å². The minimum Gasteiger partial charge on any atom is -0.346 e. The molecule has 49 heavy (non-hydrogen) atoms. The molecule has 4 aliphatic rings. The van der Waals surface area contributed by atoms with Gasteiger partial charge in [0.1, 0.15) is 12.1 Å². The molecule has 4 rings (SSSR count). The third kappa shape index (κ3) is 9.46. The van der Waals surface area contributed by atoms with Crippen LogP contribution in [-0.2, 0) is 19.2 Å². The van der Waals surface area contributed by atoms with Gasteiger partial charge in [0.15, 0.2) is 0 Å². The predicted octanol–water partition coefficient (Wildman–Crippen LogP) is 5.02. The Morgan fingerprint density at radius 3 is 2.27 bits per heavy atom. The zero-order chi connectivity index (χ0) is 36.0. The number of carbonyl (C=O) groups excluding carboxylic acids is 5. The second-order valence-electron chi connectivity index (χ2n) is 16.9. The molecule has 1 heterocycles. The number of carbonyl (C=O) groups is 5. The van der Waals surface area contributed by atoms with Crippen LogP contribution in [0.25, 0.3) is 0 Å². The number of likely N-dealkylation sites (tertiary alicyclic amines) is 1. The van der Waals surface area contributed by atoms with Crippen LogP contribution in [0, 0.1) is 40.9 Å². The first-order valence-corrected chi connectivity index (χ1v) is 18.7. The van der Waals surface area contributed by atoms with Crippen molar-refractivity contribution in [3.8, 4) is 12.3 Å². The number of nitrogens with zero attached hydrogens (tertiary/aromatic N) is 1. The van der Waals surface area contributed by atoms with Crippen LogP contribution < -0.4 is 21.3 Å². The Morgan fingerprint density at radius 1 is 1.00 bits per heavy atom. The summed E-state index contributed by atoms with van der Waals surface area (Å²) < 4.78 is 0. The van der Waals surface area contributed by atoms with E-state index in [-0.39, 0.29) is 65.4 Å². The van der Waals surface area contributed by atoms with Crippen molar-refractivity contribution in [2.75, 3.05) is 13.1 Å². The molecule has 4 fully saturated rings. The number of terminal acetylenes is 1. The zero-order valence-electron chi connectivity index (χ0n) is 30.6. The summed E-state index contributed by atoms with van der Waals surface area (Å²) in [5.74, 6) is 0.164. The molecule has 0 aromatic rings. The van der Waals surface area contributed by atoms with Crippen molar-refractivity contribution >= 4 is 29.5 Å². The summed E-state index contributed by atoms with van der Waals surface area (Å²) in [6.07, 6.45) is 19.0. The summed E-state index contributed by atoms with van der Waals surface area (Å²) in [6.45, 7) is 14.9. The van der Waals surface area contributed by atoms with E-state index in [4.69, 9.17) is 6.42 Å². The maximum absolute atomic E-state index is 14.7. The number of piperidine rings is 1. The van der Waals surface area contributed by atoms with E-state index >= 15 is 0 Å². The second-order valence-corrected chi connectivity index (χ2v) is 16.9. The summed E-state index contributed by atoms with van der Waals surface area (Å²) in [5, 5.41) is 11.8. The average Bonchev–Trinajstić information content (AvgIpc) is 3.37. The molecule has 3 saturated carbocycles. The first-order chi connectivity index (χ1) is 23.1. The van der Waals surface area contributed by atoms with Gasteiger partial charge in [0.25, 0.3) is 5.91 Å². The van der Waals surface area contributed by atoms with Gasteiger partial charge in [0, 0.05) is 25.0 Å². The van der Waals surface area contributed by atoms with Gasteiger partial charge >= 0.3 is 6.03 Å². The summed E-state index contributed by atoms with van der Waals surface area (Å²) in [4.78, 5) is 70.0. The molecule has 0 radical (unpaired) electrons. The lowest BCUT2D eigenvalue weighted by atomic mass is 9.75. The molecule has 5 atom stereocenters. The maximum Gasteiger partial charge on any atom is 0.315 e. The van der Waals surface area contributed by atoms with Crippen molar-refractivity contribution in [2.45, 2.75) is 148 Å². The van der Waals surface area contributed by atoms with Gasteiger partial charge in [0.05, 0.1) is 6.04 Å². The van der Waals surface area contributed by atoms with Crippen molar-refractivity contribution in [1.29, 1.82) is 0 Å². The number of fused-ring (bicyclic) bond motifs is 1. The molecule has 1 aliphatic heterocycles. The third-order valence-electron chi connectivity index (χ3n) is 11.8. The van der Waals surface area contributed by atoms with Gasteiger partial charge in [-0.3, -0.25) is 19.2 Å². The highest BCUT2D eigenvalue weighted by molar-refractivity contribution is 6.38. The van der Waals surface area contributed by atoms with Crippen molar-refractivity contribution in [3.05, 3.63) is 12.7 Å². The molecule has 5 amide bonds. The molecule has 4 N–H and O–H groups in total. The van der Waals surface area contributed by atoms with E-state index in [1.54, 1.807) is 4.90 Å². The Kier molecular flexibility index (Phi) is 12.6. The largest absolute Gasteiger partial charge is 0.346 e. The number of nitrogens with one attached hydrogen (secondary N) is 4. The third-order valence-corrected chi connectivity index (χ3v) is 11.8. The summed E-state index contributed by atoms with van der Waals surface area (Å²) in [7, 11) is 0. The van der Waals surface area contributed by atoms with Gasteiger partial charge < -0.3 is 26.2 Å². The van der Waals surface area contributed by atoms with Gasteiger partial charge in [-0.15, -0.1) is 18.9 Å². The number of hydrogen-bond donors (Lipinski definition) is 4. The summed E-state index contributed by atoms with van der Waals surface area (Å²) >= 11 is 0. The van der Waals surface area contributed by atoms with E-state index in [9.17, 15) is 24.0 Å². The minimum absolute atomic E-state index is 0.0314. The van der Waals surface area contributed by atoms with E-state index in [0.717, 1.165) is 77.0 Å². The number of hydrogen-bond acceptors (Lipinski definition) is 5. The molecule has 0 bridgehead atoms. The molecule has 272 valence electrons. The van der Waals surface area contributed by atoms with E-state index in [1.807, 2.05) is 0 Å². The molecular formula is C39H61N5O5. The van der Waals surface area contributed by atoms with E-state index in [2.05, 4.69) is 68.4 Å². The Hall–Kier alpha value is -3.35. The highest BCUT2D eigenvalue weighted by Gasteiger charge is 2.69. The standard InChI is InChI=1S/C39H61N5O5/c1-8-10-19-28(32(45)34(47)40-24-9-2)41-33(46)31-29-27(38(29,6)7)25-44(31)35(48)30(26-17-13-11-14-18-26)42-36(49)43-39(20-15-12-16-21-39)23-22-37(3,4)5/h1,9,26-31H,2,10-25H2,3-7H3,(H,40,47)(H,41,46)(H2,42,43,49)/t27?,28?,29-,30-,31-/m0/s1. The SMILES string of the molecule is C#CCCC(NC(=O)[C@@H]1[C@@H]2C(CN1C(=O)[C@@H](NC(=O)NC1(CCC(C)(C)C)CCCCC1)C1CCCCC1)C2(C)C)C(=O)C(=O)NCC=C. The average molecular weight is 680 g/mol. The van der Waals surface area contributed by atoms with Gasteiger partial charge in [-0.25, -0.2) is 4.79 Å². The highest BCUT2D eigenvalue weighted by atomic mass is 16.2. The van der Waals surface area contributed by atoms with E-state index < -0.39 is 35.7 Å². The summed E-state index contributed by atoms with van der Waals surface area (Å²) in [5.41, 5.74) is -0.317. The lowest BCUT2D eigenvalue weighted by Gasteiger charge is -2.41. The van der Waals surface area contributed by atoms with Gasteiger partial charge in [-0.2, -0.15) is 0 Å². The minimum atomic E-state index is -1.12. The maximum atomic E-state index is 14.7. The van der Waals surface area contributed by atoms with Crippen LogP contribution in [0.2, 0.25) is 0 Å². The first-order valence-electron chi connectivity index (χ1n) is 18.7. The van der Waals surface area contributed by atoms with Gasteiger partial charge in [0.2, 0.25) is 17.6 Å². The van der Waals surface area contributed by atoms with E-state index in [1.165, 1.54) is 6.08 Å². The quantitative estimate of drug-likeness (QED) is 0.116. The van der Waals surface area contributed by atoms with Crippen molar-refractivity contribution in [3.63, 3.8) is 0 Å². The second kappa shape index (κ2) is 16.1. The molecule has 1 saturated heterocycles. The van der Waals surface area contributed by atoms with Crippen molar-refractivity contribution in [2.24, 2.45) is 28.6 Å². The molecule has 10 heteroatoms. The fraction of sp³-hybridized carbons (Fsp3) is 0.769. The van der Waals surface area contributed by atoms with Gasteiger partial charge in [-0.05, 0) is 73.5 Å². The molecule has 2 unspecified atom stereocenters. The predicted molar refractivity (Wildman–Crippen MR) is 191 cm³/mol. The fourth-order valence-corrected chi connectivity index (χ4v) is 8.70. The summed E-state index contributed by atoms with van der Waals surface area (Å²) in [6, 6.07) is -3.01. The Morgan fingerprint density at radius 2 is 1.65 bits per heavy atom. The smallest absolute Gasteiger partial charge is 0.315 e. The van der Waals surface area contributed by atoms with Crippen LogP contribution in [0.1, 0.15) is 125 Å². The molecule has 3 aliphatic carbocycles. The number of rotatable bonds is 14. The first kappa shape index (κ1) is 38.5.